The van der Waals surface area contributed by atoms with Gasteiger partial charge in [-0.25, -0.2) is 0 Å². The number of rotatable bonds is 5. The van der Waals surface area contributed by atoms with Crippen LogP contribution in [0.2, 0.25) is 0 Å². The van der Waals surface area contributed by atoms with Crippen LogP contribution in [0.25, 0.3) is 0 Å². The van der Waals surface area contributed by atoms with Gasteiger partial charge in [0, 0.05) is 0 Å². The van der Waals surface area contributed by atoms with Crippen LogP contribution in [0, 0.1) is 29.1 Å². The van der Waals surface area contributed by atoms with E-state index in [2.05, 4.69) is 33.8 Å². The summed E-state index contributed by atoms with van der Waals surface area (Å²) < 4.78 is 0. The van der Waals surface area contributed by atoms with Gasteiger partial charge in [-0.15, -0.1) is 7.92 Å². The van der Waals surface area contributed by atoms with Crippen molar-refractivity contribution < 1.29 is 0 Å². The maximum atomic E-state index is 2.75. The smallest absolute Gasteiger partial charge is 0.00853 e. The molecule has 0 aromatic rings. The van der Waals surface area contributed by atoms with Crippen molar-refractivity contribution in [2.24, 2.45) is 29.1 Å². The Morgan fingerprint density at radius 1 is 0.967 bits per heavy atom. The van der Waals surface area contributed by atoms with Crippen LogP contribution in [0.5, 0.6) is 0 Å². The minimum Gasteiger partial charge on any atom is -0.100 e. The fourth-order valence-corrected chi connectivity index (χ4v) is 11.4. The third-order valence-corrected chi connectivity index (χ3v) is 12.9. The van der Waals surface area contributed by atoms with E-state index in [0.717, 1.165) is 28.8 Å². The van der Waals surface area contributed by atoms with Crippen LogP contribution in [0.4, 0.5) is 0 Å². The minimum atomic E-state index is 0.296. The molecule has 1 heterocycles. The quantitative estimate of drug-likeness (QED) is 0.229. The zero-order chi connectivity index (χ0) is 22.4. The molecule has 0 aromatic heterocycles. The first-order valence-corrected chi connectivity index (χ1v) is 15.6. The Balaban J connectivity index is 0.000000757. The molecule has 0 bridgehead atoms. The van der Waals surface area contributed by atoms with Gasteiger partial charge in [-0.1, -0.05) is 86.3 Å². The van der Waals surface area contributed by atoms with Gasteiger partial charge in [0.2, 0.25) is 0 Å². The van der Waals surface area contributed by atoms with Crippen LogP contribution in [0.15, 0.2) is 11.6 Å². The maximum Gasteiger partial charge on any atom is -0.00853 e. The van der Waals surface area contributed by atoms with E-state index in [1.807, 2.05) is 33.3 Å². The van der Waals surface area contributed by atoms with E-state index in [1.54, 1.807) is 31.6 Å². The van der Waals surface area contributed by atoms with Crippen LogP contribution in [-0.4, -0.2) is 17.5 Å². The molecule has 0 radical (unpaired) electrons. The van der Waals surface area contributed by atoms with E-state index >= 15 is 0 Å². The highest BCUT2D eigenvalue weighted by atomic mass is 31.1. The lowest BCUT2D eigenvalue weighted by atomic mass is 9.50. The minimum absolute atomic E-state index is 0.296. The van der Waals surface area contributed by atoms with Crippen LogP contribution in [-0.2, 0) is 0 Å². The van der Waals surface area contributed by atoms with Gasteiger partial charge in [-0.2, -0.15) is 0 Å². The van der Waals surface area contributed by atoms with E-state index in [0.29, 0.717) is 13.3 Å². The topological polar surface area (TPSA) is 0 Å². The van der Waals surface area contributed by atoms with Crippen LogP contribution in [0.3, 0.4) is 0 Å². The van der Waals surface area contributed by atoms with Crippen molar-refractivity contribution in [2.45, 2.75) is 131 Å². The maximum absolute atomic E-state index is 2.75. The Kier molecular flexibility index (Phi) is 10.4. The molecule has 0 amide bonds. The molecule has 1 saturated heterocycles. The first-order valence-electron chi connectivity index (χ1n) is 13.9. The first kappa shape index (κ1) is 26.4. The number of allylic oxidation sites excluding steroid dienone is 2. The second-order valence-corrected chi connectivity index (χ2v) is 14.0. The number of fused-ring (bicyclic) bond motifs is 5. The average Bonchev–Trinajstić information content (AvgIpc) is 3.10. The van der Waals surface area contributed by atoms with Gasteiger partial charge in [-0.3, -0.25) is 0 Å². The molecule has 1 heteroatoms. The van der Waals surface area contributed by atoms with Crippen molar-refractivity contribution in [1.82, 2.24) is 0 Å². The number of unbranched alkanes of at least 4 members (excludes halogenated alkanes) is 1. The van der Waals surface area contributed by atoms with Gasteiger partial charge < -0.3 is 0 Å². The molecule has 1 aliphatic heterocycles. The zero-order valence-electron chi connectivity index (χ0n) is 22.0. The van der Waals surface area contributed by atoms with Crippen molar-refractivity contribution in [3.05, 3.63) is 11.6 Å². The predicted molar refractivity (Wildman–Crippen MR) is 140 cm³/mol. The molecule has 30 heavy (non-hydrogen) atoms. The Morgan fingerprint density at radius 3 is 2.40 bits per heavy atom. The van der Waals surface area contributed by atoms with Crippen molar-refractivity contribution >= 4 is 7.92 Å². The lowest BCUT2D eigenvalue weighted by molar-refractivity contribution is 0.0199. The summed E-state index contributed by atoms with van der Waals surface area (Å²) in [6.45, 7) is 18.2. The average molecular weight is 435 g/mol. The van der Waals surface area contributed by atoms with E-state index in [9.17, 15) is 0 Å². The largest absolute Gasteiger partial charge is 0.100 e. The summed E-state index contributed by atoms with van der Waals surface area (Å²) in [5.74, 6) is 4.01. The predicted octanol–water partition coefficient (Wildman–Crippen LogP) is 10.1. The van der Waals surface area contributed by atoms with Gasteiger partial charge in [0.15, 0.2) is 0 Å². The highest BCUT2D eigenvalue weighted by molar-refractivity contribution is 7.59. The van der Waals surface area contributed by atoms with Crippen LogP contribution < -0.4 is 0 Å². The molecule has 3 fully saturated rings. The van der Waals surface area contributed by atoms with E-state index in [4.69, 9.17) is 0 Å². The third kappa shape index (κ3) is 5.21. The summed E-state index contributed by atoms with van der Waals surface area (Å²) in [5.41, 5.74) is 2.47. The molecule has 0 N–H and O–H groups in total. The molecule has 4 rings (SSSR count). The van der Waals surface area contributed by atoms with E-state index in [-0.39, 0.29) is 0 Å². The van der Waals surface area contributed by atoms with Gasteiger partial charge in [0.05, 0.1) is 0 Å². The summed E-state index contributed by atoms with van der Waals surface area (Å²) >= 11 is 0. The second kappa shape index (κ2) is 11.9. The fraction of sp³-hybridized carbons (Fsp3) is 0.931. The van der Waals surface area contributed by atoms with Crippen molar-refractivity contribution in [2.75, 3.05) is 12.3 Å². The summed E-state index contributed by atoms with van der Waals surface area (Å²) in [7, 11) is 0.296. The molecule has 0 aromatic carbocycles. The Labute approximate surface area is 192 Å². The van der Waals surface area contributed by atoms with Gasteiger partial charge in [0.1, 0.15) is 0 Å². The molecule has 176 valence electrons. The Hall–Kier alpha value is 0.170. The molecule has 0 nitrogen and oxygen atoms in total. The van der Waals surface area contributed by atoms with Crippen molar-refractivity contribution in [3.63, 3.8) is 0 Å². The normalized spacial score (nSPS) is 39.4. The molecule has 0 spiro atoms. The fourth-order valence-electron chi connectivity index (χ4n) is 7.69. The summed E-state index contributed by atoms with van der Waals surface area (Å²) in [4.78, 5) is 0. The highest BCUT2D eigenvalue weighted by Crippen LogP contribution is 2.71. The zero-order valence-corrected chi connectivity index (χ0v) is 22.9. The summed E-state index contributed by atoms with van der Waals surface area (Å²) in [6, 6.07) is 0. The third-order valence-electron chi connectivity index (χ3n) is 9.27. The van der Waals surface area contributed by atoms with Crippen molar-refractivity contribution in [3.8, 4) is 0 Å². The van der Waals surface area contributed by atoms with Crippen LogP contribution >= 0.6 is 7.92 Å². The van der Waals surface area contributed by atoms with Gasteiger partial charge in [0.25, 0.3) is 0 Å². The van der Waals surface area contributed by atoms with Gasteiger partial charge in [-0.05, 0) is 97.9 Å². The molecular formula is C29H55P. The number of hydrogen-bond acceptors (Lipinski definition) is 0. The summed E-state index contributed by atoms with van der Waals surface area (Å²) in [6.07, 6.45) is 22.4. The summed E-state index contributed by atoms with van der Waals surface area (Å²) in [5, 5.41) is 0.741. The monoisotopic (exact) mass is 434 g/mol. The first-order chi connectivity index (χ1) is 14.4. The number of hydrogen-bond donors (Lipinski definition) is 0. The molecule has 3 aliphatic carbocycles. The SMILES string of the molecule is CC.CC.CC(C)CCCCP1CCC2C3CC=C4CCCCC4(C)C3CCC21C. The highest BCUT2D eigenvalue weighted by Gasteiger charge is 2.57. The molecule has 6 atom stereocenters. The molecular weight excluding hydrogens is 379 g/mol. The van der Waals surface area contributed by atoms with Crippen molar-refractivity contribution in [1.29, 1.82) is 0 Å². The Bertz CT molecular complexity index is 534. The van der Waals surface area contributed by atoms with Gasteiger partial charge >= 0.3 is 0 Å². The standard InChI is InChI=1S/C25H43P.2C2H6/c1-19(2)9-6-8-17-26-18-14-23-21-12-11-20-10-5-7-15-24(20,3)22(21)13-16-25(23,26)4;2*1-2/h11,19,21-23H,5-10,12-18H2,1-4H3;2*1-2H3. The lowest BCUT2D eigenvalue weighted by Crippen LogP contribution is -2.50. The molecule has 4 aliphatic rings. The lowest BCUT2D eigenvalue weighted by Gasteiger charge is -2.57. The van der Waals surface area contributed by atoms with E-state index < -0.39 is 0 Å². The molecule has 2 saturated carbocycles. The Morgan fingerprint density at radius 2 is 1.70 bits per heavy atom. The van der Waals surface area contributed by atoms with E-state index in [1.165, 1.54) is 51.4 Å². The van der Waals surface area contributed by atoms with Crippen LogP contribution in [0.1, 0.15) is 126 Å². The molecule has 6 unspecified atom stereocenters. The second-order valence-electron chi connectivity index (χ2n) is 11.0.